The van der Waals surface area contributed by atoms with Crippen LogP contribution in [0.15, 0.2) is 56.5 Å². The lowest BCUT2D eigenvalue weighted by molar-refractivity contribution is 0.493. The largest absolute Gasteiger partial charge is 0.369 e. The first-order valence-corrected chi connectivity index (χ1v) is 9.96. The Morgan fingerprint density at radius 3 is 1.46 bits per heavy atom. The van der Waals surface area contributed by atoms with E-state index in [9.17, 15) is 0 Å². The molecule has 0 atom stereocenters. The number of nitrogens with zero attached hydrogens (tertiary/aromatic N) is 4. The van der Waals surface area contributed by atoms with Crippen LogP contribution in [0.25, 0.3) is 0 Å². The molecule has 8 heteroatoms. The Hall–Kier alpha value is -1.08. The highest BCUT2D eigenvalue weighted by atomic mass is 35.5. The summed E-state index contributed by atoms with van der Waals surface area (Å²) in [7, 11) is 4.23. The Balaban J connectivity index is 0.00000169. The van der Waals surface area contributed by atoms with Gasteiger partial charge in [0.2, 0.25) is 0 Å². The van der Waals surface area contributed by atoms with Gasteiger partial charge in [-0.25, -0.2) is 0 Å². The maximum Gasteiger partial charge on any atom is 0.0721 e. The smallest absolute Gasteiger partial charge is 0.0721 e. The Morgan fingerprint density at radius 2 is 1.15 bits per heavy atom. The van der Waals surface area contributed by atoms with Crippen molar-refractivity contribution in [3.63, 3.8) is 0 Å². The van der Waals surface area contributed by atoms with Crippen molar-refractivity contribution >= 4 is 72.1 Å². The van der Waals surface area contributed by atoms with Crippen LogP contribution in [0.1, 0.15) is 0 Å². The highest BCUT2D eigenvalue weighted by Crippen LogP contribution is 2.26. The molecule has 0 radical (unpaired) electrons. The summed E-state index contributed by atoms with van der Waals surface area (Å²) in [6, 6.07) is 7.99. The second kappa shape index (κ2) is 11.6. The molecule has 0 aliphatic carbocycles. The lowest BCUT2D eigenvalue weighted by atomic mass is 10.3. The van der Waals surface area contributed by atoms with Gasteiger partial charge in [-0.1, -0.05) is 0 Å². The van der Waals surface area contributed by atoms with E-state index in [2.05, 4.69) is 46.0 Å². The van der Waals surface area contributed by atoms with Gasteiger partial charge >= 0.3 is 0 Å². The predicted octanol–water partition coefficient (Wildman–Crippen LogP) is 4.97. The van der Waals surface area contributed by atoms with Crippen molar-refractivity contribution in [2.45, 2.75) is 0 Å². The fraction of sp³-hybridized carbons (Fsp3) is 0.333. The minimum absolute atomic E-state index is 0. The highest BCUT2D eigenvalue weighted by molar-refractivity contribution is 8.03. The number of thioether (sulfide) groups is 2. The number of halogens is 2. The van der Waals surface area contributed by atoms with Crippen molar-refractivity contribution in [1.82, 2.24) is 9.80 Å². The molecule has 4 nitrogen and oxygen atoms in total. The van der Waals surface area contributed by atoms with Crippen LogP contribution in [0.4, 0.5) is 11.4 Å². The van der Waals surface area contributed by atoms with E-state index in [0.717, 1.165) is 36.0 Å². The maximum atomic E-state index is 4.48. The number of aliphatic imine (C=N–C) groups is 2. The van der Waals surface area contributed by atoms with Crippen LogP contribution in [0.2, 0.25) is 0 Å². The van der Waals surface area contributed by atoms with Crippen LogP contribution in [0, 0.1) is 0 Å². The average molecular weight is 431 g/mol. The van der Waals surface area contributed by atoms with Gasteiger partial charge in [-0.3, -0.25) is 9.98 Å². The van der Waals surface area contributed by atoms with Crippen molar-refractivity contribution in [2.24, 2.45) is 9.98 Å². The van der Waals surface area contributed by atoms with Crippen LogP contribution < -0.4 is 0 Å². The fourth-order valence-corrected chi connectivity index (χ4v) is 4.45. The molecule has 142 valence electrons. The van der Waals surface area contributed by atoms with Gasteiger partial charge in [0.1, 0.15) is 0 Å². The molecule has 0 N–H and O–H groups in total. The molecule has 0 bridgehead atoms. The van der Waals surface area contributed by atoms with Gasteiger partial charge < -0.3 is 9.80 Å². The van der Waals surface area contributed by atoms with Gasteiger partial charge in [0.25, 0.3) is 0 Å². The number of hydrogen-bond acceptors (Lipinski definition) is 6. The van der Waals surface area contributed by atoms with Gasteiger partial charge in [0.05, 0.1) is 21.4 Å². The van der Waals surface area contributed by atoms with E-state index in [1.165, 1.54) is 10.1 Å². The Bertz CT molecular complexity index is 628. The third-order valence-electron chi connectivity index (χ3n) is 3.84. The van der Waals surface area contributed by atoms with E-state index in [-0.39, 0.29) is 24.8 Å². The quantitative estimate of drug-likeness (QED) is 0.630. The lowest BCUT2D eigenvalue weighted by Gasteiger charge is -2.09. The highest BCUT2D eigenvalue weighted by Gasteiger charge is 2.12. The van der Waals surface area contributed by atoms with Crippen molar-refractivity contribution in [2.75, 3.05) is 38.7 Å². The summed E-state index contributed by atoms with van der Waals surface area (Å²) >= 11 is 3.75. The van der Waals surface area contributed by atoms with E-state index in [1.54, 1.807) is 0 Å². The zero-order chi connectivity index (χ0) is 16.8. The zero-order valence-electron chi connectivity index (χ0n) is 14.9. The Kier molecular flexibility index (Phi) is 10.2. The minimum Gasteiger partial charge on any atom is -0.369 e. The van der Waals surface area contributed by atoms with Crippen LogP contribution in [-0.2, 0) is 0 Å². The first-order chi connectivity index (χ1) is 11.7. The first kappa shape index (κ1) is 23.0. The molecule has 2 heterocycles. The monoisotopic (exact) mass is 430 g/mol. The van der Waals surface area contributed by atoms with Crippen molar-refractivity contribution in [1.29, 1.82) is 0 Å². The third kappa shape index (κ3) is 6.58. The summed E-state index contributed by atoms with van der Waals surface area (Å²) in [5.74, 6) is 2.32. The summed E-state index contributed by atoms with van der Waals surface area (Å²) in [5, 5.41) is 2.56. The molecule has 26 heavy (non-hydrogen) atoms. The molecular weight excluding hydrogens is 407 g/mol. The van der Waals surface area contributed by atoms with Gasteiger partial charge in [0.15, 0.2) is 0 Å². The van der Waals surface area contributed by atoms with Gasteiger partial charge in [-0.2, -0.15) is 0 Å². The first-order valence-electron chi connectivity index (χ1n) is 7.99. The molecule has 2 aliphatic heterocycles. The summed E-state index contributed by atoms with van der Waals surface area (Å²) < 4.78 is 0. The standard InChI is InChI=1S/C18H22N4S2.2ClH/c1-21-11-13-23-17(21)7-9-19-15-3-5-16(6-4-15)20-10-8-18-22(2)12-14-24-18;;/h3-10H,11-14H2,1-2H3;2*1H. The van der Waals surface area contributed by atoms with E-state index in [4.69, 9.17) is 0 Å². The molecule has 0 amide bonds. The van der Waals surface area contributed by atoms with E-state index in [1.807, 2.05) is 60.2 Å². The van der Waals surface area contributed by atoms with Crippen LogP contribution >= 0.6 is 48.3 Å². The molecule has 0 spiro atoms. The SMILES string of the molecule is CN1CCSC1=CC=Nc1ccc(N=CC=C2SCCN2C)cc1.Cl.Cl. The van der Waals surface area contributed by atoms with Crippen LogP contribution in [0.5, 0.6) is 0 Å². The fourth-order valence-electron chi connectivity index (χ4n) is 2.36. The third-order valence-corrected chi connectivity index (χ3v) is 6.10. The predicted molar refractivity (Wildman–Crippen MR) is 124 cm³/mol. The number of rotatable bonds is 4. The van der Waals surface area contributed by atoms with E-state index in [0.29, 0.717) is 0 Å². The average Bonchev–Trinajstić information content (AvgIpc) is 3.18. The molecule has 2 aliphatic rings. The molecule has 1 aromatic rings. The van der Waals surface area contributed by atoms with Crippen molar-refractivity contribution in [3.05, 3.63) is 46.5 Å². The summed E-state index contributed by atoms with van der Waals surface area (Å²) in [4.78, 5) is 13.5. The van der Waals surface area contributed by atoms with Crippen LogP contribution in [0.3, 0.4) is 0 Å². The van der Waals surface area contributed by atoms with E-state index < -0.39 is 0 Å². The molecule has 0 saturated carbocycles. The van der Waals surface area contributed by atoms with Crippen molar-refractivity contribution < 1.29 is 0 Å². The normalized spacial score (nSPS) is 20.4. The summed E-state index contributed by atoms with van der Waals surface area (Å²) in [6.07, 6.45) is 7.90. The number of hydrogen-bond donors (Lipinski definition) is 0. The molecule has 0 aromatic heterocycles. The van der Waals surface area contributed by atoms with E-state index >= 15 is 0 Å². The minimum atomic E-state index is 0. The molecule has 1 aromatic carbocycles. The summed E-state index contributed by atoms with van der Waals surface area (Å²) in [6.45, 7) is 2.23. The number of allylic oxidation sites excluding steroid dienone is 2. The molecule has 2 saturated heterocycles. The Morgan fingerprint density at radius 1 is 0.769 bits per heavy atom. The topological polar surface area (TPSA) is 31.2 Å². The second-order valence-electron chi connectivity index (χ2n) is 5.62. The second-order valence-corrected chi connectivity index (χ2v) is 7.85. The molecular formula is C18H24Cl2N4S2. The van der Waals surface area contributed by atoms with Gasteiger partial charge in [0, 0.05) is 51.1 Å². The Labute approximate surface area is 176 Å². The maximum absolute atomic E-state index is 4.48. The van der Waals surface area contributed by atoms with Gasteiger partial charge in [-0.15, -0.1) is 48.3 Å². The summed E-state index contributed by atoms with van der Waals surface area (Å²) in [5.41, 5.74) is 1.89. The molecule has 2 fully saturated rings. The van der Waals surface area contributed by atoms with Gasteiger partial charge in [-0.05, 0) is 36.4 Å². The number of benzene rings is 1. The van der Waals surface area contributed by atoms with Crippen LogP contribution in [-0.4, -0.2) is 60.9 Å². The van der Waals surface area contributed by atoms with Crippen molar-refractivity contribution in [3.8, 4) is 0 Å². The molecule has 0 unspecified atom stereocenters. The zero-order valence-corrected chi connectivity index (χ0v) is 18.1. The lowest BCUT2D eigenvalue weighted by Crippen LogP contribution is -2.10. The molecule has 3 rings (SSSR count).